The quantitative estimate of drug-likeness (QED) is 0.664. The van der Waals surface area contributed by atoms with Crippen molar-refractivity contribution in [2.24, 2.45) is 5.92 Å². The first-order valence-corrected chi connectivity index (χ1v) is 7.11. The Bertz CT molecular complexity index is 327. The van der Waals surface area contributed by atoms with Crippen molar-refractivity contribution in [1.29, 1.82) is 0 Å². The molecule has 0 atom stereocenters. The first kappa shape index (κ1) is 13.4. The topological polar surface area (TPSA) is 29.5 Å². The summed E-state index contributed by atoms with van der Waals surface area (Å²) in [6.45, 7) is 7.26. The van der Waals surface area contributed by atoms with E-state index in [1.807, 2.05) is 20.8 Å². The lowest BCUT2D eigenvalue weighted by molar-refractivity contribution is 0.0213. The van der Waals surface area contributed by atoms with Gasteiger partial charge in [0, 0.05) is 13.1 Å². The molecule has 0 spiro atoms. The zero-order valence-corrected chi connectivity index (χ0v) is 11.9. The van der Waals surface area contributed by atoms with E-state index in [-0.39, 0.29) is 11.7 Å². The second-order valence-corrected chi connectivity index (χ2v) is 6.56. The van der Waals surface area contributed by atoms with Crippen LogP contribution >= 0.6 is 0 Å². The zero-order chi connectivity index (χ0) is 13.2. The number of amides is 1. The van der Waals surface area contributed by atoms with Gasteiger partial charge >= 0.3 is 6.09 Å². The van der Waals surface area contributed by atoms with Gasteiger partial charge in [0.15, 0.2) is 0 Å². The number of carbonyl (C=O) groups is 1. The van der Waals surface area contributed by atoms with E-state index in [9.17, 15) is 4.79 Å². The molecule has 102 valence electrons. The Hall–Kier alpha value is -0.990. The summed E-state index contributed by atoms with van der Waals surface area (Å²) in [6.07, 6.45) is 9.01. The molecule has 1 amide bonds. The van der Waals surface area contributed by atoms with Crippen LogP contribution in [-0.4, -0.2) is 29.7 Å². The van der Waals surface area contributed by atoms with Gasteiger partial charge in [0.05, 0.1) is 0 Å². The third-order valence-electron chi connectivity index (χ3n) is 3.56. The maximum atomic E-state index is 11.8. The number of rotatable bonds is 1. The monoisotopic (exact) mass is 251 g/mol. The summed E-state index contributed by atoms with van der Waals surface area (Å²) in [5.41, 5.74) is 1.02. The van der Waals surface area contributed by atoms with Crippen LogP contribution in [0.2, 0.25) is 0 Å². The SMILES string of the molecule is CC(C)(C)OC(=O)N1CC(=CC2CCCCC2)C1. The molecule has 2 fully saturated rings. The first-order valence-electron chi connectivity index (χ1n) is 7.11. The summed E-state index contributed by atoms with van der Waals surface area (Å²) in [7, 11) is 0. The van der Waals surface area contributed by atoms with Gasteiger partial charge in [-0.25, -0.2) is 4.79 Å². The van der Waals surface area contributed by atoms with Crippen LogP contribution in [0, 0.1) is 5.92 Å². The highest BCUT2D eigenvalue weighted by atomic mass is 16.6. The van der Waals surface area contributed by atoms with Crippen molar-refractivity contribution in [1.82, 2.24) is 4.90 Å². The number of nitrogens with zero attached hydrogens (tertiary/aromatic N) is 1. The summed E-state index contributed by atoms with van der Waals surface area (Å²) >= 11 is 0. The van der Waals surface area contributed by atoms with Crippen molar-refractivity contribution in [3.05, 3.63) is 11.6 Å². The van der Waals surface area contributed by atoms with E-state index in [0.29, 0.717) is 0 Å². The van der Waals surface area contributed by atoms with Crippen molar-refractivity contribution in [2.45, 2.75) is 58.5 Å². The number of allylic oxidation sites excluding steroid dienone is 1. The summed E-state index contributed by atoms with van der Waals surface area (Å²) in [4.78, 5) is 13.5. The number of likely N-dealkylation sites (tertiary alicyclic amines) is 1. The van der Waals surface area contributed by atoms with Crippen molar-refractivity contribution < 1.29 is 9.53 Å². The highest BCUT2D eigenvalue weighted by Gasteiger charge is 2.29. The van der Waals surface area contributed by atoms with Crippen LogP contribution in [-0.2, 0) is 4.74 Å². The normalized spacial score (nSPS) is 21.5. The summed E-state index contributed by atoms with van der Waals surface area (Å²) in [6, 6.07) is 0. The molecule has 0 radical (unpaired) electrons. The second-order valence-electron chi connectivity index (χ2n) is 6.56. The largest absolute Gasteiger partial charge is 0.444 e. The number of hydrogen-bond acceptors (Lipinski definition) is 2. The molecule has 1 aliphatic heterocycles. The summed E-state index contributed by atoms with van der Waals surface area (Å²) in [5, 5.41) is 0. The van der Waals surface area contributed by atoms with E-state index in [2.05, 4.69) is 6.08 Å². The van der Waals surface area contributed by atoms with Crippen molar-refractivity contribution >= 4 is 6.09 Å². The molecule has 1 heterocycles. The Morgan fingerprint density at radius 3 is 2.39 bits per heavy atom. The van der Waals surface area contributed by atoms with Gasteiger partial charge in [-0.05, 0) is 45.1 Å². The Balaban J connectivity index is 1.76. The molecule has 3 heteroatoms. The Morgan fingerprint density at radius 1 is 1.22 bits per heavy atom. The molecule has 1 saturated heterocycles. The highest BCUT2D eigenvalue weighted by Crippen LogP contribution is 2.28. The molecule has 1 saturated carbocycles. The number of carbonyl (C=O) groups excluding carboxylic acids is 1. The maximum Gasteiger partial charge on any atom is 0.410 e. The molecule has 18 heavy (non-hydrogen) atoms. The van der Waals surface area contributed by atoms with Gasteiger partial charge in [-0.3, -0.25) is 0 Å². The van der Waals surface area contributed by atoms with Crippen molar-refractivity contribution in [2.75, 3.05) is 13.1 Å². The number of hydrogen-bond donors (Lipinski definition) is 0. The van der Waals surface area contributed by atoms with Crippen LogP contribution in [0.4, 0.5) is 4.79 Å². The molecular formula is C15H25NO2. The van der Waals surface area contributed by atoms with Crippen molar-refractivity contribution in [3.63, 3.8) is 0 Å². The Morgan fingerprint density at radius 2 is 1.83 bits per heavy atom. The molecule has 3 nitrogen and oxygen atoms in total. The van der Waals surface area contributed by atoms with Gasteiger partial charge in [0.2, 0.25) is 0 Å². The molecule has 2 rings (SSSR count). The van der Waals surface area contributed by atoms with Crippen LogP contribution in [0.3, 0.4) is 0 Å². The minimum absolute atomic E-state index is 0.178. The predicted octanol–water partition coefficient (Wildman–Crippen LogP) is 3.74. The Labute approximate surface area is 110 Å². The molecule has 0 aromatic rings. The van der Waals surface area contributed by atoms with Crippen molar-refractivity contribution in [3.8, 4) is 0 Å². The first-order chi connectivity index (χ1) is 8.44. The smallest absolute Gasteiger partial charge is 0.410 e. The molecule has 0 aromatic heterocycles. The van der Waals surface area contributed by atoms with Crippen LogP contribution in [0.5, 0.6) is 0 Å². The molecule has 1 aliphatic carbocycles. The van der Waals surface area contributed by atoms with Gasteiger partial charge in [-0.15, -0.1) is 0 Å². The predicted molar refractivity (Wildman–Crippen MR) is 72.5 cm³/mol. The van der Waals surface area contributed by atoms with Gasteiger partial charge in [0.1, 0.15) is 5.60 Å². The summed E-state index contributed by atoms with van der Waals surface area (Å²) < 4.78 is 5.34. The lowest BCUT2D eigenvalue weighted by atomic mass is 9.87. The van der Waals surface area contributed by atoms with Crippen LogP contribution in [0.15, 0.2) is 11.6 Å². The standard InChI is InChI=1S/C15H25NO2/c1-15(2,3)18-14(17)16-10-13(11-16)9-12-7-5-4-6-8-12/h9,12H,4-8,10-11H2,1-3H3. The molecule has 0 unspecified atom stereocenters. The molecule has 0 aromatic carbocycles. The molecular weight excluding hydrogens is 226 g/mol. The third-order valence-corrected chi connectivity index (χ3v) is 3.56. The van der Waals surface area contributed by atoms with Gasteiger partial charge in [0.25, 0.3) is 0 Å². The van der Waals surface area contributed by atoms with E-state index < -0.39 is 0 Å². The minimum Gasteiger partial charge on any atom is -0.444 e. The minimum atomic E-state index is -0.389. The molecule has 0 N–H and O–H groups in total. The van der Waals surface area contributed by atoms with Crippen LogP contribution < -0.4 is 0 Å². The average Bonchev–Trinajstić information content (AvgIpc) is 2.21. The fraction of sp³-hybridized carbons (Fsp3) is 0.800. The fourth-order valence-electron chi connectivity index (χ4n) is 2.64. The fourth-order valence-corrected chi connectivity index (χ4v) is 2.64. The van der Waals surface area contributed by atoms with E-state index in [4.69, 9.17) is 4.74 Å². The van der Waals surface area contributed by atoms with Crippen LogP contribution in [0.25, 0.3) is 0 Å². The second kappa shape index (κ2) is 5.33. The molecule has 2 aliphatic rings. The molecule has 0 bridgehead atoms. The van der Waals surface area contributed by atoms with E-state index in [1.165, 1.54) is 37.7 Å². The average molecular weight is 251 g/mol. The maximum absolute atomic E-state index is 11.8. The van der Waals surface area contributed by atoms with Crippen LogP contribution in [0.1, 0.15) is 52.9 Å². The van der Waals surface area contributed by atoms with E-state index in [0.717, 1.165) is 19.0 Å². The van der Waals surface area contributed by atoms with E-state index in [1.54, 1.807) is 4.90 Å². The summed E-state index contributed by atoms with van der Waals surface area (Å²) in [5.74, 6) is 0.759. The highest BCUT2D eigenvalue weighted by molar-refractivity contribution is 5.70. The van der Waals surface area contributed by atoms with Gasteiger partial charge in [-0.1, -0.05) is 25.3 Å². The number of ether oxygens (including phenoxy) is 1. The van der Waals surface area contributed by atoms with Gasteiger partial charge < -0.3 is 9.64 Å². The van der Waals surface area contributed by atoms with E-state index >= 15 is 0 Å². The zero-order valence-electron chi connectivity index (χ0n) is 11.9. The third kappa shape index (κ3) is 3.76. The lowest BCUT2D eigenvalue weighted by Crippen LogP contribution is -2.47. The Kier molecular flexibility index (Phi) is 3.98. The van der Waals surface area contributed by atoms with Gasteiger partial charge in [-0.2, -0.15) is 0 Å². The lowest BCUT2D eigenvalue weighted by Gasteiger charge is -2.36.